The number of hydrogen-bond acceptors (Lipinski definition) is 4. The third-order valence-electron chi connectivity index (χ3n) is 3.84. The van der Waals surface area contributed by atoms with E-state index < -0.39 is 10.0 Å². The monoisotopic (exact) mass is 316 g/mol. The van der Waals surface area contributed by atoms with Crippen molar-refractivity contribution >= 4 is 21.4 Å². The summed E-state index contributed by atoms with van der Waals surface area (Å²) in [4.78, 5) is 1.08. The molecule has 0 amide bonds. The van der Waals surface area contributed by atoms with E-state index >= 15 is 0 Å². The summed E-state index contributed by atoms with van der Waals surface area (Å²) in [6.45, 7) is 3.83. The molecule has 1 aromatic rings. The van der Waals surface area contributed by atoms with Crippen LogP contribution in [-0.4, -0.2) is 32.4 Å². The minimum atomic E-state index is -3.31. The summed E-state index contributed by atoms with van der Waals surface area (Å²) in [7, 11) is -1.59. The van der Waals surface area contributed by atoms with Crippen molar-refractivity contribution in [1.82, 2.24) is 9.62 Å². The van der Waals surface area contributed by atoms with Gasteiger partial charge < -0.3 is 5.32 Å². The Hall–Kier alpha value is -0.430. The SMILES string of the molecule is CCCNCc1ccc(S(=O)(=O)N(C)C2CCCC2)s1. The number of sulfonamides is 1. The zero-order valence-corrected chi connectivity index (χ0v) is 13.9. The van der Waals surface area contributed by atoms with Crippen molar-refractivity contribution in [3.8, 4) is 0 Å². The molecule has 1 N–H and O–H groups in total. The molecule has 0 aliphatic heterocycles. The second-order valence-corrected chi connectivity index (χ2v) is 8.75. The molecule has 0 spiro atoms. The maximum absolute atomic E-state index is 12.6. The molecule has 1 saturated carbocycles. The molecular weight excluding hydrogens is 292 g/mol. The minimum absolute atomic E-state index is 0.184. The van der Waals surface area contributed by atoms with Crippen molar-refractivity contribution in [3.63, 3.8) is 0 Å². The molecule has 1 aromatic heterocycles. The largest absolute Gasteiger partial charge is 0.312 e. The Morgan fingerprint density at radius 3 is 2.70 bits per heavy atom. The molecule has 20 heavy (non-hydrogen) atoms. The molecule has 0 aromatic carbocycles. The lowest BCUT2D eigenvalue weighted by Crippen LogP contribution is -2.34. The number of nitrogens with one attached hydrogen (secondary N) is 1. The second-order valence-electron chi connectivity index (χ2n) is 5.36. The molecule has 1 aliphatic rings. The Labute approximate surface area is 126 Å². The molecule has 0 saturated heterocycles. The van der Waals surface area contributed by atoms with Crippen molar-refractivity contribution in [3.05, 3.63) is 17.0 Å². The smallest absolute Gasteiger partial charge is 0.252 e. The van der Waals surface area contributed by atoms with E-state index in [4.69, 9.17) is 0 Å². The van der Waals surface area contributed by atoms with E-state index in [0.29, 0.717) is 4.21 Å². The van der Waals surface area contributed by atoms with Gasteiger partial charge in [-0.2, -0.15) is 4.31 Å². The highest BCUT2D eigenvalue weighted by Gasteiger charge is 2.30. The number of thiophene rings is 1. The number of rotatable bonds is 7. The lowest BCUT2D eigenvalue weighted by atomic mass is 10.3. The van der Waals surface area contributed by atoms with Crippen LogP contribution in [0.15, 0.2) is 16.3 Å². The van der Waals surface area contributed by atoms with Gasteiger partial charge in [0.1, 0.15) is 4.21 Å². The Balaban J connectivity index is 2.05. The molecule has 6 heteroatoms. The summed E-state index contributed by atoms with van der Waals surface area (Å²) >= 11 is 1.39. The molecule has 1 heterocycles. The van der Waals surface area contributed by atoms with Crippen LogP contribution in [0.2, 0.25) is 0 Å². The topological polar surface area (TPSA) is 49.4 Å². The van der Waals surface area contributed by atoms with Gasteiger partial charge >= 0.3 is 0 Å². The Morgan fingerprint density at radius 1 is 1.35 bits per heavy atom. The van der Waals surface area contributed by atoms with E-state index in [1.165, 1.54) is 11.3 Å². The predicted octanol–water partition coefficient (Wildman–Crippen LogP) is 2.81. The van der Waals surface area contributed by atoms with Crippen molar-refractivity contribution < 1.29 is 8.42 Å². The van der Waals surface area contributed by atoms with Crippen molar-refractivity contribution in [2.75, 3.05) is 13.6 Å². The van der Waals surface area contributed by atoms with Gasteiger partial charge in [0.05, 0.1) is 0 Å². The lowest BCUT2D eigenvalue weighted by Gasteiger charge is -2.22. The van der Waals surface area contributed by atoms with Gasteiger partial charge in [0, 0.05) is 24.5 Å². The Kier molecular flexibility index (Phi) is 5.60. The van der Waals surface area contributed by atoms with Crippen LogP contribution in [0.4, 0.5) is 0 Å². The van der Waals surface area contributed by atoms with Crippen LogP contribution in [0.25, 0.3) is 0 Å². The van der Waals surface area contributed by atoms with E-state index in [1.54, 1.807) is 17.4 Å². The second kappa shape index (κ2) is 7.02. The molecule has 114 valence electrons. The Morgan fingerprint density at radius 2 is 2.05 bits per heavy atom. The van der Waals surface area contributed by atoms with Crippen LogP contribution in [0.3, 0.4) is 0 Å². The van der Waals surface area contributed by atoms with Gasteiger partial charge in [-0.05, 0) is 37.9 Å². The molecule has 0 radical (unpaired) electrons. The van der Waals surface area contributed by atoms with Gasteiger partial charge in [-0.15, -0.1) is 11.3 Å². The average Bonchev–Trinajstić information content (AvgIpc) is 3.09. The van der Waals surface area contributed by atoms with Crippen molar-refractivity contribution in [2.45, 2.75) is 55.8 Å². The fourth-order valence-corrected chi connectivity index (χ4v) is 5.51. The lowest BCUT2D eigenvalue weighted by molar-refractivity contribution is 0.374. The fourth-order valence-electron chi connectivity index (χ4n) is 2.59. The first-order valence-corrected chi connectivity index (χ1v) is 9.59. The first-order valence-electron chi connectivity index (χ1n) is 7.33. The van der Waals surface area contributed by atoms with Crippen LogP contribution in [0, 0.1) is 0 Å². The highest BCUT2D eigenvalue weighted by atomic mass is 32.2. The van der Waals surface area contributed by atoms with Crippen LogP contribution in [-0.2, 0) is 16.6 Å². The van der Waals surface area contributed by atoms with E-state index in [2.05, 4.69) is 12.2 Å². The zero-order chi connectivity index (χ0) is 14.6. The normalized spacial score (nSPS) is 17.1. The van der Waals surface area contributed by atoms with E-state index in [0.717, 1.165) is 50.1 Å². The van der Waals surface area contributed by atoms with Gasteiger partial charge in [0.25, 0.3) is 10.0 Å². The Bertz CT molecular complexity index is 519. The van der Waals surface area contributed by atoms with Crippen LogP contribution < -0.4 is 5.32 Å². The first kappa shape index (κ1) is 15.9. The third-order valence-corrected chi connectivity index (χ3v) is 7.30. The third kappa shape index (κ3) is 3.61. The van der Waals surface area contributed by atoms with E-state index in [9.17, 15) is 8.42 Å². The van der Waals surface area contributed by atoms with Gasteiger partial charge in [0.2, 0.25) is 0 Å². The molecular formula is C14H24N2O2S2. The van der Waals surface area contributed by atoms with Gasteiger partial charge in [-0.25, -0.2) is 8.42 Å². The molecule has 1 aliphatic carbocycles. The van der Waals surface area contributed by atoms with Crippen molar-refractivity contribution in [2.24, 2.45) is 0 Å². The molecule has 0 bridgehead atoms. The van der Waals surface area contributed by atoms with Crippen LogP contribution in [0.5, 0.6) is 0 Å². The first-order chi connectivity index (χ1) is 9.55. The summed E-state index contributed by atoms with van der Waals surface area (Å²) in [5, 5.41) is 3.30. The summed E-state index contributed by atoms with van der Waals surface area (Å²) in [6, 6.07) is 3.85. The van der Waals surface area contributed by atoms with E-state index in [-0.39, 0.29) is 6.04 Å². The highest BCUT2D eigenvalue weighted by molar-refractivity contribution is 7.91. The molecule has 2 rings (SSSR count). The quantitative estimate of drug-likeness (QED) is 0.787. The highest BCUT2D eigenvalue weighted by Crippen LogP contribution is 2.30. The maximum atomic E-state index is 12.6. The standard InChI is InChI=1S/C14H24N2O2S2/c1-3-10-15-11-13-8-9-14(19-13)20(17,18)16(2)12-6-4-5-7-12/h8-9,12,15H,3-7,10-11H2,1-2H3. The summed E-state index contributed by atoms with van der Waals surface area (Å²) in [6.07, 6.45) is 5.35. The molecule has 4 nitrogen and oxygen atoms in total. The summed E-state index contributed by atoms with van der Waals surface area (Å²) in [5.74, 6) is 0. The number of hydrogen-bond donors (Lipinski definition) is 1. The van der Waals surface area contributed by atoms with Crippen LogP contribution in [0.1, 0.15) is 43.9 Å². The van der Waals surface area contributed by atoms with Gasteiger partial charge in [-0.1, -0.05) is 19.8 Å². The fraction of sp³-hybridized carbons (Fsp3) is 0.714. The average molecular weight is 316 g/mol. The van der Waals surface area contributed by atoms with E-state index in [1.807, 2.05) is 6.07 Å². The molecule has 1 fully saturated rings. The minimum Gasteiger partial charge on any atom is -0.312 e. The maximum Gasteiger partial charge on any atom is 0.252 e. The summed E-state index contributed by atoms with van der Waals surface area (Å²) < 4.78 is 27.2. The predicted molar refractivity (Wildman–Crippen MR) is 83.5 cm³/mol. The molecule has 0 atom stereocenters. The van der Waals surface area contributed by atoms with Gasteiger partial charge in [0.15, 0.2) is 0 Å². The summed E-state index contributed by atoms with van der Waals surface area (Å²) in [5.41, 5.74) is 0. The van der Waals surface area contributed by atoms with Gasteiger partial charge in [-0.3, -0.25) is 0 Å². The van der Waals surface area contributed by atoms with Crippen molar-refractivity contribution in [1.29, 1.82) is 0 Å². The molecule has 0 unspecified atom stereocenters. The van der Waals surface area contributed by atoms with Crippen LogP contribution >= 0.6 is 11.3 Å². The zero-order valence-electron chi connectivity index (χ0n) is 12.3. The number of nitrogens with zero attached hydrogens (tertiary/aromatic N) is 1.